The summed E-state index contributed by atoms with van der Waals surface area (Å²) in [4.78, 5) is 0. The van der Waals surface area contributed by atoms with Crippen LogP contribution in [0.1, 0.15) is 13.8 Å². The topological polar surface area (TPSA) is 18.5 Å². The lowest BCUT2D eigenvalue weighted by molar-refractivity contribution is -0.0605. The van der Waals surface area contributed by atoms with Gasteiger partial charge in [0.05, 0.1) is 0 Å². The van der Waals surface area contributed by atoms with Crippen LogP contribution in [0.4, 0.5) is 4.39 Å². The first-order chi connectivity index (χ1) is 8.22. The van der Waals surface area contributed by atoms with Gasteiger partial charge in [0.2, 0.25) is 0 Å². The second-order valence-corrected chi connectivity index (χ2v) is 3.73. The minimum Gasteiger partial charge on any atom is -0.465 e. The third-order valence-electron chi connectivity index (χ3n) is 2.53. The van der Waals surface area contributed by atoms with Crippen LogP contribution in [0.3, 0.4) is 0 Å². The van der Waals surface area contributed by atoms with Crippen molar-refractivity contribution in [2.24, 2.45) is 0 Å². The van der Waals surface area contributed by atoms with E-state index in [1.54, 1.807) is 18.2 Å². The smallest absolute Gasteiger partial charge is 0.196 e. The van der Waals surface area contributed by atoms with Crippen molar-refractivity contribution in [2.75, 3.05) is 6.61 Å². The van der Waals surface area contributed by atoms with E-state index in [1.165, 1.54) is 6.07 Å². The molecule has 0 aliphatic heterocycles. The molecule has 0 saturated heterocycles. The summed E-state index contributed by atoms with van der Waals surface area (Å²) in [6.07, 6.45) is -0.339. The van der Waals surface area contributed by atoms with Crippen molar-refractivity contribution in [1.29, 1.82) is 0 Å². The van der Waals surface area contributed by atoms with Gasteiger partial charge >= 0.3 is 0 Å². The molecule has 0 aromatic heterocycles. The predicted molar refractivity (Wildman–Crippen MR) is 65.6 cm³/mol. The fourth-order valence-electron chi connectivity index (χ4n) is 1.78. The van der Waals surface area contributed by atoms with Crippen LogP contribution in [-0.2, 0) is 4.74 Å². The maximum atomic E-state index is 13.6. The Morgan fingerprint density at radius 3 is 2.53 bits per heavy atom. The molecule has 2 nitrogen and oxygen atoms in total. The zero-order valence-electron chi connectivity index (χ0n) is 9.94. The molecule has 0 spiro atoms. The molecule has 2 aromatic carbocycles. The summed E-state index contributed by atoms with van der Waals surface area (Å²) >= 11 is 0. The molecule has 2 aromatic rings. The van der Waals surface area contributed by atoms with Crippen LogP contribution in [0.15, 0.2) is 36.4 Å². The van der Waals surface area contributed by atoms with Gasteiger partial charge in [-0.05, 0) is 26.0 Å². The number of benzene rings is 2. The van der Waals surface area contributed by atoms with Crippen molar-refractivity contribution in [3.8, 4) is 5.75 Å². The molecule has 0 aliphatic carbocycles. The SMILES string of the molecule is CCOC(C)Oc1ccc(F)c2ccccc12. The van der Waals surface area contributed by atoms with Crippen LogP contribution in [0, 0.1) is 5.82 Å². The van der Waals surface area contributed by atoms with Gasteiger partial charge in [0.15, 0.2) is 6.29 Å². The molecule has 0 amide bonds. The zero-order chi connectivity index (χ0) is 12.3. The molecule has 0 bridgehead atoms. The maximum Gasteiger partial charge on any atom is 0.196 e. The van der Waals surface area contributed by atoms with E-state index in [0.29, 0.717) is 17.7 Å². The fraction of sp³-hybridized carbons (Fsp3) is 0.286. The standard InChI is InChI=1S/C14H15FO2/c1-3-16-10(2)17-14-9-8-13(15)11-6-4-5-7-12(11)14/h4-10H,3H2,1-2H3. The molecule has 0 fully saturated rings. The first-order valence-corrected chi connectivity index (χ1v) is 5.68. The molecule has 0 aliphatic rings. The second kappa shape index (κ2) is 5.15. The first-order valence-electron chi connectivity index (χ1n) is 5.68. The van der Waals surface area contributed by atoms with Crippen LogP contribution in [-0.4, -0.2) is 12.9 Å². The number of hydrogen-bond acceptors (Lipinski definition) is 2. The van der Waals surface area contributed by atoms with Crippen molar-refractivity contribution in [1.82, 2.24) is 0 Å². The normalized spacial score (nSPS) is 12.6. The van der Waals surface area contributed by atoms with E-state index in [0.717, 1.165) is 5.39 Å². The number of ether oxygens (including phenoxy) is 2. The van der Waals surface area contributed by atoms with Crippen molar-refractivity contribution >= 4 is 10.8 Å². The zero-order valence-corrected chi connectivity index (χ0v) is 9.94. The molecule has 1 atom stereocenters. The molecule has 3 heteroatoms. The maximum absolute atomic E-state index is 13.6. The third-order valence-corrected chi connectivity index (χ3v) is 2.53. The van der Waals surface area contributed by atoms with Crippen LogP contribution in [0.2, 0.25) is 0 Å². The number of rotatable bonds is 4. The van der Waals surface area contributed by atoms with Crippen molar-refractivity contribution < 1.29 is 13.9 Å². The monoisotopic (exact) mass is 234 g/mol. The van der Waals surface area contributed by atoms with Gasteiger partial charge < -0.3 is 9.47 Å². The number of halogens is 1. The summed E-state index contributed by atoms with van der Waals surface area (Å²) in [5.41, 5.74) is 0. The van der Waals surface area contributed by atoms with E-state index in [-0.39, 0.29) is 12.1 Å². The summed E-state index contributed by atoms with van der Waals surface area (Å²) in [6, 6.07) is 10.3. The van der Waals surface area contributed by atoms with Gasteiger partial charge in [-0.15, -0.1) is 0 Å². The van der Waals surface area contributed by atoms with Crippen LogP contribution < -0.4 is 4.74 Å². The average Bonchev–Trinajstić information content (AvgIpc) is 2.34. The molecule has 2 rings (SSSR count). The Kier molecular flexibility index (Phi) is 3.59. The molecule has 90 valence electrons. The Morgan fingerprint density at radius 2 is 1.82 bits per heavy atom. The summed E-state index contributed by atoms with van der Waals surface area (Å²) in [5.74, 6) is 0.403. The van der Waals surface area contributed by atoms with E-state index in [1.807, 2.05) is 26.0 Å². The number of hydrogen-bond donors (Lipinski definition) is 0. The minimum atomic E-state index is -0.339. The van der Waals surface area contributed by atoms with Gasteiger partial charge in [0.1, 0.15) is 11.6 Å². The molecule has 0 N–H and O–H groups in total. The van der Waals surface area contributed by atoms with E-state index >= 15 is 0 Å². The summed E-state index contributed by atoms with van der Waals surface area (Å²) < 4.78 is 24.5. The van der Waals surface area contributed by atoms with Crippen LogP contribution >= 0.6 is 0 Å². The van der Waals surface area contributed by atoms with Crippen molar-refractivity contribution in [3.63, 3.8) is 0 Å². The highest BCUT2D eigenvalue weighted by Crippen LogP contribution is 2.28. The fourth-order valence-corrected chi connectivity index (χ4v) is 1.78. The first kappa shape index (κ1) is 11.9. The van der Waals surface area contributed by atoms with E-state index in [9.17, 15) is 4.39 Å². The van der Waals surface area contributed by atoms with Gasteiger partial charge in [-0.25, -0.2) is 4.39 Å². The molecule has 0 radical (unpaired) electrons. The van der Waals surface area contributed by atoms with Crippen molar-refractivity contribution in [2.45, 2.75) is 20.1 Å². The molecule has 17 heavy (non-hydrogen) atoms. The summed E-state index contributed by atoms with van der Waals surface area (Å²) in [5, 5.41) is 1.33. The second-order valence-electron chi connectivity index (χ2n) is 3.73. The predicted octanol–water partition coefficient (Wildman–Crippen LogP) is 3.74. The molecular weight excluding hydrogens is 219 g/mol. The summed E-state index contributed by atoms with van der Waals surface area (Å²) in [7, 11) is 0. The minimum absolute atomic E-state index is 0.239. The Morgan fingerprint density at radius 1 is 1.12 bits per heavy atom. The Labute approximate surface area is 100.0 Å². The molecule has 0 heterocycles. The lowest BCUT2D eigenvalue weighted by atomic mass is 10.1. The van der Waals surface area contributed by atoms with Gasteiger partial charge in [-0.3, -0.25) is 0 Å². The van der Waals surface area contributed by atoms with E-state index < -0.39 is 0 Å². The van der Waals surface area contributed by atoms with Gasteiger partial charge in [-0.2, -0.15) is 0 Å². The van der Waals surface area contributed by atoms with Gasteiger partial charge in [0.25, 0.3) is 0 Å². The quantitative estimate of drug-likeness (QED) is 0.750. The highest BCUT2D eigenvalue weighted by molar-refractivity contribution is 5.88. The average molecular weight is 234 g/mol. The summed E-state index contributed by atoms with van der Waals surface area (Å²) in [6.45, 7) is 4.31. The molecular formula is C14H15FO2. The van der Waals surface area contributed by atoms with Gasteiger partial charge in [-0.1, -0.05) is 24.3 Å². The van der Waals surface area contributed by atoms with Crippen LogP contribution in [0.25, 0.3) is 10.8 Å². The number of fused-ring (bicyclic) bond motifs is 1. The van der Waals surface area contributed by atoms with Crippen molar-refractivity contribution in [3.05, 3.63) is 42.2 Å². The Hall–Kier alpha value is -1.61. The van der Waals surface area contributed by atoms with E-state index in [2.05, 4.69) is 0 Å². The lowest BCUT2D eigenvalue weighted by Gasteiger charge is -2.16. The largest absolute Gasteiger partial charge is 0.465 e. The Balaban J connectivity index is 2.38. The van der Waals surface area contributed by atoms with E-state index in [4.69, 9.17) is 9.47 Å². The lowest BCUT2D eigenvalue weighted by Crippen LogP contribution is -2.16. The Bertz CT molecular complexity index is 511. The van der Waals surface area contributed by atoms with Gasteiger partial charge in [0, 0.05) is 17.4 Å². The highest BCUT2D eigenvalue weighted by Gasteiger charge is 2.09. The molecule has 0 saturated carbocycles. The van der Waals surface area contributed by atoms with Crippen LogP contribution in [0.5, 0.6) is 5.75 Å². The highest BCUT2D eigenvalue weighted by atomic mass is 19.1. The third kappa shape index (κ3) is 2.56. The molecule has 1 unspecified atom stereocenters.